The third-order valence-electron chi connectivity index (χ3n) is 5.56. The van der Waals surface area contributed by atoms with Gasteiger partial charge in [0.2, 0.25) is 11.8 Å². The van der Waals surface area contributed by atoms with Crippen LogP contribution in [-0.2, 0) is 22.6 Å². The summed E-state index contributed by atoms with van der Waals surface area (Å²) in [7, 11) is 0. The molecule has 3 N–H and O–H groups in total. The number of hydrogen-bond donors (Lipinski definition) is 3. The Kier molecular flexibility index (Phi) is 6.99. The quantitative estimate of drug-likeness (QED) is 0.699. The number of hydrogen-bond acceptors (Lipinski definition) is 4. The zero-order valence-corrected chi connectivity index (χ0v) is 17.0. The minimum atomic E-state index is -0.627. The van der Waals surface area contributed by atoms with Crippen molar-refractivity contribution in [2.75, 3.05) is 0 Å². The molecule has 0 spiro atoms. The number of aliphatic hydroxyl groups excluding tert-OH is 1. The number of nitrogens with zero attached hydrogens (tertiary/aromatic N) is 1. The standard InChI is InChI=1S/C23H29N3O3/c1-15-6-7-16(2)18(11-15)13-22(28)26-20-12-17(8-9-21(20)27)23(29)25-14-19-5-3-4-10-24-19/h3-7,10-11,17,20-21,27H,8-9,12-14H2,1-2H3,(H,25,29)(H,26,28)/t17-,20+,21+/m0/s1. The highest BCUT2D eigenvalue weighted by atomic mass is 16.3. The summed E-state index contributed by atoms with van der Waals surface area (Å²) < 4.78 is 0. The number of amides is 2. The number of aryl methyl sites for hydroxylation is 2. The topological polar surface area (TPSA) is 91.3 Å². The van der Waals surface area contributed by atoms with Crippen LogP contribution in [0.4, 0.5) is 0 Å². The molecule has 3 rings (SSSR count). The van der Waals surface area contributed by atoms with Crippen molar-refractivity contribution in [2.45, 2.75) is 58.2 Å². The van der Waals surface area contributed by atoms with Crippen LogP contribution < -0.4 is 10.6 Å². The van der Waals surface area contributed by atoms with Gasteiger partial charge in [0.05, 0.1) is 30.8 Å². The molecule has 6 heteroatoms. The largest absolute Gasteiger partial charge is 0.391 e. The highest BCUT2D eigenvalue weighted by molar-refractivity contribution is 5.80. The SMILES string of the molecule is Cc1ccc(C)c(CC(=O)N[C@@H]2C[C@@H](C(=O)NCc3ccccn3)CC[C@H]2O)c1. The Hall–Kier alpha value is -2.73. The first-order chi connectivity index (χ1) is 13.9. The molecule has 3 atom stereocenters. The average Bonchev–Trinajstić information content (AvgIpc) is 2.71. The lowest BCUT2D eigenvalue weighted by molar-refractivity contribution is -0.129. The number of rotatable bonds is 6. The van der Waals surface area contributed by atoms with Crippen LogP contribution in [0.25, 0.3) is 0 Å². The fraction of sp³-hybridized carbons (Fsp3) is 0.435. The van der Waals surface area contributed by atoms with Crippen LogP contribution in [0, 0.1) is 19.8 Å². The Bertz CT molecular complexity index is 854. The first-order valence-electron chi connectivity index (χ1n) is 10.1. The zero-order chi connectivity index (χ0) is 20.8. The van der Waals surface area contributed by atoms with E-state index in [1.807, 2.05) is 50.2 Å². The molecule has 0 bridgehead atoms. The predicted octanol–water partition coefficient (Wildman–Crippen LogP) is 2.20. The van der Waals surface area contributed by atoms with Gasteiger partial charge in [0.1, 0.15) is 0 Å². The van der Waals surface area contributed by atoms with E-state index in [0.29, 0.717) is 25.8 Å². The van der Waals surface area contributed by atoms with E-state index in [9.17, 15) is 14.7 Å². The highest BCUT2D eigenvalue weighted by Gasteiger charge is 2.33. The normalized spacial score (nSPS) is 21.4. The van der Waals surface area contributed by atoms with Crippen LogP contribution in [0.2, 0.25) is 0 Å². The first kappa shape index (κ1) is 21.0. The molecule has 6 nitrogen and oxygen atoms in total. The lowest BCUT2D eigenvalue weighted by Crippen LogP contribution is -2.49. The molecule has 0 aliphatic heterocycles. The minimum absolute atomic E-state index is 0.0590. The third-order valence-corrected chi connectivity index (χ3v) is 5.56. The van der Waals surface area contributed by atoms with Crippen molar-refractivity contribution in [3.8, 4) is 0 Å². The molecule has 29 heavy (non-hydrogen) atoms. The number of carbonyl (C=O) groups excluding carboxylic acids is 2. The second-order valence-electron chi connectivity index (χ2n) is 7.90. The molecular formula is C23H29N3O3. The van der Waals surface area contributed by atoms with Gasteiger partial charge in [-0.25, -0.2) is 0 Å². The van der Waals surface area contributed by atoms with Crippen molar-refractivity contribution in [1.82, 2.24) is 15.6 Å². The van der Waals surface area contributed by atoms with Gasteiger partial charge < -0.3 is 15.7 Å². The molecular weight excluding hydrogens is 366 g/mol. The summed E-state index contributed by atoms with van der Waals surface area (Å²) in [6, 6.07) is 11.2. The van der Waals surface area contributed by atoms with Crippen molar-refractivity contribution >= 4 is 11.8 Å². The number of nitrogens with one attached hydrogen (secondary N) is 2. The number of carbonyl (C=O) groups is 2. The summed E-state index contributed by atoms with van der Waals surface area (Å²) in [4.78, 5) is 29.3. The maximum Gasteiger partial charge on any atom is 0.224 e. The maximum absolute atomic E-state index is 12.5. The summed E-state index contributed by atoms with van der Waals surface area (Å²) >= 11 is 0. The van der Waals surface area contributed by atoms with Crippen LogP contribution in [0.15, 0.2) is 42.6 Å². The molecule has 2 amide bonds. The summed E-state index contributed by atoms with van der Waals surface area (Å²) in [5.74, 6) is -0.415. The van der Waals surface area contributed by atoms with Crippen LogP contribution in [0.3, 0.4) is 0 Å². The molecule has 1 saturated carbocycles. The second-order valence-corrected chi connectivity index (χ2v) is 7.90. The van der Waals surface area contributed by atoms with E-state index < -0.39 is 12.1 Å². The van der Waals surface area contributed by atoms with E-state index in [1.165, 1.54) is 0 Å². The van der Waals surface area contributed by atoms with Crippen LogP contribution >= 0.6 is 0 Å². The van der Waals surface area contributed by atoms with Crippen LogP contribution in [0.1, 0.15) is 41.6 Å². The van der Waals surface area contributed by atoms with Gasteiger partial charge in [-0.05, 0) is 56.4 Å². The molecule has 0 radical (unpaired) electrons. The lowest BCUT2D eigenvalue weighted by atomic mass is 9.83. The Labute approximate surface area is 171 Å². The Morgan fingerprint density at radius 2 is 2.00 bits per heavy atom. The third kappa shape index (κ3) is 5.87. The maximum atomic E-state index is 12.5. The molecule has 0 saturated heterocycles. The number of aliphatic hydroxyl groups is 1. The fourth-order valence-corrected chi connectivity index (χ4v) is 3.79. The van der Waals surface area contributed by atoms with E-state index in [-0.39, 0.29) is 24.2 Å². The molecule has 0 unspecified atom stereocenters. The minimum Gasteiger partial charge on any atom is -0.391 e. The second kappa shape index (κ2) is 9.65. The van der Waals surface area contributed by atoms with Crippen LogP contribution in [0.5, 0.6) is 0 Å². The summed E-state index contributed by atoms with van der Waals surface area (Å²) in [6.45, 7) is 4.36. The molecule has 154 valence electrons. The fourth-order valence-electron chi connectivity index (χ4n) is 3.79. The molecule has 1 aromatic carbocycles. The summed E-state index contributed by atoms with van der Waals surface area (Å²) in [5.41, 5.74) is 3.97. The van der Waals surface area contributed by atoms with Crippen molar-refractivity contribution in [3.05, 3.63) is 65.0 Å². The van der Waals surface area contributed by atoms with Crippen molar-refractivity contribution in [2.24, 2.45) is 5.92 Å². The van der Waals surface area contributed by atoms with Gasteiger partial charge in [0.15, 0.2) is 0 Å². The number of aromatic nitrogens is 1. The van der Waals surface area contributed by atoms with Gasteiger partial charge in [-0.15, -0.1) is 0 Å². The van der Waals surface area contributed by atoms with E-state index in [2.05, 4.69) is 15.6 Å². The molecule has 1 fully saturated rings. The van der Waals surface area contributed by atoms with E-state index in [1.54, 1.807) is 6.20 Å². The monoisotopic (exact) mass is 395 g/mol. The summed E-state index contributed by atoms with van der Waals surface area (Å²) in [6.07, 6.45) is 2.88. The van der Waals surface area contributed by atoms with Crippen molar-refractivity contribution < 1.29 is 14.7 Å². The summed E-state index contributed by atoms with van der Waals surface area (Å²) in [5, 5.41) is 16.2. The van der Waals surface area contributed by atoms with Gasteiger partial charge in [0, 0.05) is 12.1 Å². The van der Waals surface area contributed by atoms with Crippen molar-refractivity contribution in [1.29, 1.82) is 0 Å². The molecule has 1 aromatic heterocycles. The van der Waals surface area contributed by atoms with Gasteiger partial charge in [-0.1, -0.05) is 29.8 Å². The van der Waals surface area contributed by atoms with Gasteiger partial charge in [-0.3, -0.25) is 14.6 Å². The first-order valence-corrected chi connectivity index (χ1v) is 10.1. The van der Waals surface area contributed by atoms with Gasteiger partial charge >= 0.3 is 0 Å². The molecule has 1 aliphatic rings. The van der Waals surface area contributed by atoms with Gasteiger partial charge in [0.25, 0.3) is 0 Å². The van der Waals surface area contributed by atoms with Crippen LogP contribution in [-0.4, -0.2) is 34.1 Å². The highest BCUT2D eigenvalue weighted by Crippen LogP contribution is 2.25. The Balaban J connectivity index is 1.54. The lowest BCUT2D eigenvalue weighted by Gasteiger charge is -2.33. The zero-order valence-electron chi connectivity index (χ0n) is 17.0. The number of benzene rings is 1. The Morgan fingerprint density at radius 3 is 2.76 bits per heavy atom. The van der Waals surface area contributed by atoms with E-state index in [4.69, 9.17) is 0 Å². The van der Waals surface area contributed by atoms with E-state index in [0.717, 1.165) is 22.4 Å². The molecule has 2 aromatic rings. The average molecular weight is 396 g/mol. The van der Waals surface area contributed by atoms with Crippen molar-refractivity contribution in [3.63, 3.8) is 0 Å². The smallest absolute Gasteiger partial charge is 0.224 e. The van der Waals surface area contributed by atoms with E-state index >= 15 is 0 Å². The Morgan fingerprint density at radius 1 is 1.17 bits per heavy atom. The molecule has 1 heterocycles. The predicted molar refractivity (Wildman–Crippen MR) is 111 cm³/mol. The van der Waals surface area contributed by atoms with Gasteiger partial charge in [-0.2, -0.15) is 0 Å². The number of pyridine rings is 1. The molecule has 1 aliphatic carbocycles.